The van der Waals surface area contributed by atoms with Crippen LogP contribution in [-0.2, 0) is 0 Å². The van der Waals surface area contributed by atoms with E-state index in [0.29, 0.717) is 12.1 Å². The standard InChI is InChI=1S/C19H24N4O/c1-16-6-5-9-18(21-16)23-14-12-22(13-15-23)11-10-20-19(24)17-7-3-2-4-8-17/h2-9H,10-15H2,1H3,(H,20,24). The zero-order valence-corrected chi connectivity index (χ0v) is 14.1. The molecule has 2 aromatic rings. The summed E-state index contributed by atoms with van der Waals surface area (Å²) in [6.07, 6.45) is 0. The number of aromatic nitrogens is 1. The quantitative estimate of drug-likeness (QED) is 0.913. The molecule has 0 unspecified atom stereocenters. The minimum Gasteiger partial charge on any atom is -0.354 e. The van der Waals surface area contributed by atoms with Crippen molar-refractivity contribution in [3.63, 3.8) is 0 Å². The minimum absolute atomic E-state index is 0.00167. The molecular formula is C19H24N4O. The molecule has 5 nitrogen and oxygen atoms in total. The molecule has 3 rings (SSSR count). The molecule has 0 bridgehead atoms. The average Bonchev–Trinajstić information content (AvgIpc) is 2.63. The molecule has 5 heteroatoms. The number of hydrogen-bond acceptors (Lipinski definition) is 4. The maximum absolute atomic E-state index is 12.0. The van der Waals surface area contributed by atoms with Gasteiger partial charge in [-0.1, -0.05) is 24.3 Å². The molecule has 0 spiro atoms. The van der Waals surface area contributed by atoms with Gasteiger partial charge in [0, 0.05) is 50.5 Å². The molecule has 1 N–H and O–H groups in total. The summed E-state index contributed by atoms with van der Waals surface area (Å²) in [4.78, 5) is 21.3. The number of piperazine rings is 1. The molecule has 1 aromatic heterocycles. The van der Waals surface area contributed by atoms with Crippen LogP contribution < -0.4 is 10.2 Å². The lowest BCUT2D eigenvalue weighted by atomic mass is 10.2. The summed E-state index contributed by atoms with van der Waals surface area (Å²) in [7, 11) is 0. The third-order valence-corrected chi connectivity index (χ3v) is 4.32. The van der Waals surface area contributed by atoms with Crippen LogP contribution in [0.1, 0.15) is 16.1 Å². The molecule has 2 heterocycles. The second-order valence-corrected chi connectivity index (χ2v) is 6.09. The number of nitrogens with one attached hydrogen (secondary N) is 1. The van der Waals surface area contributed by atoms with E-state index in [9.17, 15) is 4.79 Å². The number of nitrogens with zero attached hydrogens (tertiary/aromatic N) is 3. The lowest BCUT2D eigenvalue weighted by Crippen LogP contribution is -2.48. The van der Waals surface area contributed by atoms with E-state index < -0.39 is 0 Å². The highest BCUT2D eigenvalue weighted by Crippen LogP contribution is 2.13. The van der Waals surface area contributed by atoms with E-state index in [1.807, 2.05) is 43.3 Å². The van der Waals surface area contributed by atoms with E-state index in [1.54, 1.807) is 0 Å². The maximum atomic E-state index is 12.0. The Bertz CT molecular complexity index is 666. The number of benzene rings is 1. The highest BCUT2D eigenvalue weighted by atomic mass is 16.1. The number of carbonyl (C=O) groups excluding carboxylic acids is 1. The molecule has 0 atom stereocenters. The molecule has 1 aromatic carbocycles. The minimum atomic E-state index is -0.00167. The second kappa shape index (κ2) is 7.93. The fourth-order valence-corrected chi connectivity index (χ4v) is 2.92. The van der Waals surface area contributed by atoms with Crippen molar-refractivity contribution in [2.24, 2.45) is 0 Å². The van der Waals surface area contributed by atoms with E-state index in [1.165, 1.54) is 0 Å². The fraction of sp³-hybridized carbons (Fsp3) is 0.368. The first-order valence-electron chi connectivity index (χ1n) is 8.46. The van der Waals surface area contributed by atoms with Crippen molar-refractivity contribution in [1.29, 1.82) is 0 Å². The van der Waals surface area contributed by atoms with Gasteiger partial charge in [-0.15, -0.1) is 0 Å². The molecule has 0 radical (unpaired) electrons. The smallest absolute Gasteiger partial charge is 0.251 e. The Balaban J connectivity index is 1.40. The van der Waals surface area contributed by atoms with Gasteiger partial charge in [-0.05, 0) is 31.2 Å². The molecule has 1 amide bonds. The maximum Gasteiger partial charge on any atom is 0.251 e. The molecule has 1 aliphatic rings. The number of pyridine rings is 1. The fourth-order valence-electron chi connectivity index (χ4n) is 2.92. The van der Waals surface area contributed by atoms with E-state index >= 15 is 0 Å². The normalized spacial score (nSPS) is 15.3. The van der Waals surface area contributed by atoms with Crippen LogP contribution in [0.25, 0.3) is 0 Å². The molecule has 1 saturated heterocycles. The number of hydrogen-bond donors (Lipinski definition) is 1. The van der Waals surface area contributed by atoms with Crippen molar-refractivity contribution in [3.05, 3.63) is 59.8 Å². The van der Waals surface area contributed by atoms with Gasteiger partial charge in [-0.25, -0.2) is 4.98 Å². The second-order valence-electron chi connectivity index (χ2n) is 6.09. The highest BCUT2D eigenvalue weighted by Gasteiger charge is 2.17. The molecule has 0 saturated carbocycles. The Labute approximate surface area is 143 Å². The lowest BCUT2D eigenvalue weighted by Gasteiger charge is -2.35. The van der Waals surface area contributed by atoms with Crippen molar-refractivity contribution >= 4 is 11.7 Å². The first kappa shape index (κ1) is 16.5. The van der Waals surface area contributed by atoms with Crippen molar-refractivity contribution in [2.75, 3.05) is 44.2 Å². The zero-order valence-electron chi connectivity index (χ0n) is 14.1. The molecule has 1 aliphatic heterocycles. The van der Waals surface area contributed by atoms with Crippen LogP contribution in [0, 0.1) is 6.92 Å². The van der Waals surface area contributed by atoms with E-state index in [2.05, 4.69) is 32.2 Å². The van der Waals surface area contributed by atoms with Crippen LogP contribution in [-0.4, -0.2) is 55.1 Å². The summed E-state index contributed by atoms with van der Waals surface area (Å²) in [6, 6.07) is 15.5. The molecular weight excluding hydrogens is 300 g/mol. The third-order valence-electron chi connectivity index (χ3n) is 4.32. The Morgan fingerprint density at radius 2 is 1.79 bits per heavy atom. The summed E-state index contributed by atoms with van der Waals surface area (Å²) >= 11 is 0. The van der Waals surface area contributed by atoms with Gasteiger partial charge in [0.25, 0.3) is 5.91 Å². The molecule has 126 valence electrons. The molecule has 1 fully saturated rings. The predicted octanol–water partition coefficient (Wildman–Crippen LogP) is 1.94. The third kappa shape index (κ3) is 4.32. The van der Waals surface area contributed by atoms with Crippen LogP contribution in [0.3, 0.4) is 0 Å². The van der Waals surface area contributed by atoms with Gasteiger partial charge in [0.05, 0.1) is 0 Å². The Morgan fingerprint density at radius 1 is 1.04 bits per heavy atom. The van der Waals surface area contributed by atoms with Crippen LogP contribution >= 0.6 is 0 Å². The summed E-state index contributed by atoms with van der Waals surface area (Å²) in [5, 5.41) is 2.99. The summed E-state index contributed by atoms with van der Waals surface area (Å²) < 4.78 is 0. The number of aryl methyl sites for hydroxylation is 1. The summed E-state index contributed by atoms with van der Waals surface area (Å²) in [5.41, 5.74) is 1.77. The number of anilines is 1. The SMILES string of the molecule is Cc1cccc(N2CCN(CCNC(=O)c3ccccc3)CC2)n1. The number of carbonyl (C=O) groups is 1. The number of amides is 1. The monoisotopic (exact) mass is 324 g/mol. The first-order chi connectivity index (χ1) is 11.7. The van der Waals surface area contributed by atoms with Gasteiger partial charge < -0.3 is 10.2 Å². The van der Waals surface area contributed by atoms with Crippen molar-refractivity contribution in [1.82, 2.24) is 15.2 Å². The molecule has 0 aliphatic carbocycles. The zero-order chi connectivity index (χ0) is 16.8. The average molecular weight is 324 g/mol. The summed E-state index contributed by atoms with van der Waals surface area (Å²) in [6.45, 7) is 7.53. The van der Waals surface area contributed by atoms with Gasteiger partial charge in [-0.2, -0.15) is 0 Å². The van der Waals surface area contributed by atoms with Crippen molar-refractivity contribution in [2.45, 2.75) is 6.92 Å². The largest absolute Gasteiger partial charge is 0.354 e. The lowest BCUT2D eigenvalue weighted by molar-refractivity contribution is 0.0948. The van der Waals surface area contributed by atoms with E-state index in [-0.39, 0.29) is 5.91 Å². The Hall–Kier alpha value is -2.40. The van der Waals surface area contributed by atoms with Gasteiger partial charge in [0.15, 0.2) is 0 Å². The predicted molar refractivity (Wildman–Crippen MR) is 96.4 cm³/mol. The van der Waals surface area contributed by atoms with Crippen LogP contribution in [0.4, 0.5) is 5.82 Å². The van der Waals surface area contributed by atoms with Crippen molar-refractivity contribution in [3.8, 4) is 0 Å². The van der Waals surface area contributed by atoms with Crippen LogP contribution in [0.2, 0.25) is 0 Å². The van der Waals surface area contributed by atoms with Crippen LogP contribution in [0.5, 0.6) is 0 Å². The number of rotatable bonds is 5. The van der Waals surface area contributed by atoms with Crippen LogP contribution in [0.15, 0.2) is 48.5 Å². The first-order valence-corrected chi connectivity index (χ1v) is 8.46. The van der Waals surface area contributed by atoms with Gasteiger partial charge >= 0.3 is 0 Å². The van der Waals surface area contributed by atoms with E-state index in [0.717, 1.165) is 44.2 Å². The topological polar surface area (TPSA) is 48.5 Å². The Morgan fingerprint density at radius 3 is 2.50 bits per heavy atom. The van der Waals surface area contributed by atoms with Gasteiger partial charge in [0.2, 0.25) is 0 Å². The highest BCUT2D eigenvalue weighted by molar-refractivity contribution is 5.94. The Kier molecular flexibility index (Phi) is 5.43. The van der Waals surface area contributed by atoms with Crippen molar-refractivity contribution < 1.29 is 4.79 Å². The molecule has 24 heavy (non-hydrogen) atoms. The van der Waals surface area contributed by atoms with E-state index in [4.69, 9.17) is 0 Å². The van der Waals surface area contributed by atoms with Gasteiger partial charge in [0.1, 0.15) is 5.82 Å². The van der Waals surface area contributed by atoms with Gasteiger partial charge in [-0.3, -0.25) is 9.69 Å². The summed E-state index contributed by atoms with van der Waals surface area (Å²) in [5.74, 6) is 1.06.